The lowest BCUT2D eigenvalue weighted by atomic mass is 10.1. The molecule has 0 spiro atoms. The zero-order valence-corrected chi connectivity index (χ0v) is 21.4. The molecule has 1 aromatic carbocycles. The zero-order valence-electron chi connectivity index (χ0n) is 19.1. The molecule has 1 atom stereocenters. The maximum absolute atomic E-state index is 12.0. The minimum Gasteiger partial charge on any atom is -0.375 e. The van der Waals surface area contributed by atoms with Gasteiger partial charge in [-0.3, -0.25) is 14.6 Å². The quantitative estimate of drug-likeness (QED) is 0.208. The van der Waals surface area contributed by atoms with E-state index in [0.29, 0.717) is 6.04 Å². The summed E-state index contributed by atoms with van der Waals surface area (Å²) in [7, 11) is 5.64. The fourth-order valence-corrected chi connectivity index (χ4v) is 3.93. The standard InChI is InChI=1S/C22H37N7O.HI/c1-26(2)21(30)17-25-22(24-16-20-18-28-12-14-29(20)15-13-28)23-10-7-11-27(3)19-8-5-4-6-9-19;/h4-6,8-9,20H,7,10-18H2,1-3H3,(H2,23,24,25);1H. The average Bonchev–Trinajstić information content (AvgIpc) is 2.78. The van der Waals surface area contributed by atoms with Crippen LogP contribution in [0.1, 0.15) is 6.42 Å². The third-order valence-electron chi connectivity index (χ3n) is 5.93. The van der Waals surface area contributed by atoms with Crippen LogP contribution in [0.25, 0.3) is 0 Å². The first-order chi connectivity index (χ1) is 14.5. The van der Waals surface area contributed by atoms with Crippen LogP contribution in [0, 0.1) is 0 Å². The number of nitrogens with zero attached hydrogens (tertiary/aromatic N) is 5. The van der Waals surface area contributed by atoms with Crippen molar-refractivity contribution in [3.05, 3.63) is 30.3 Å². The number of carbonyl (C=O) groups is 1. The highest BCUT2D eigenvalue weighted by Crippen LogP contribution is 2.14. The van der Waals surface area contributed by atoms with Crippen molar-refractivity contribution in [2.45, 2.75) is 12.5 Å². The first kappa shape index (κ1) is 25.7. The number of halogens is 1. The van der Waals surface area contributed by atoms with Gasteiger partial charge in [-0.25, -0.2) is 4.99 Å². The largest absolute Gasteiger partial charge is 0.375 e. The Balaban J connectivity index is 0.00000341. The van der Waals surface area contributed by atoms with Crippen LogP contribution in [0.4, 0.5) is 5.69 Å². The molecular weight excluding hydrogens is 505 g/mol. The van der Waals surface area contributed by atoms with Crippen molar-refractivity contribution in [2.24, 2.45) is 4.99 Å². The molecular formula is C22H38IN7O. The predicted molar refractivity (Wildman–Crippen MR) is 139 cm³/mol. The molecule has 2 bridgehead atoms. The molecule has 4 rings (SSSR count). The number of hydrogen-bond donors (Lipinski definition) is 2. The lowest BCUT2D eigenvalue weighted by molar-refractivity contribution is -0.127. The Kier molecular flexibility index (Phi) is 10.8. The van der Waals surface area contributed by atoms with Crippen LogP contribution < -0.4 is 15.5 Å². The van der Waals surface area contributed by atoms with Crippen LogP contribution in [0.15, 0.2) is 35.3 Å². The highest BCUT2D eigenvalue weighted by Gasteiger charge is 2.31. The molecule has 3 fully saturated rings. The summed E-state index contributed by atoms with van der Waals surface area (Å²) in [6.45, 7) is 8.54. The highest BCUT2D eigenvalue weighted by atomic mass is 127. The van der Waals surface area contributed by atoms with Gasteiger partial charge in [0.1, 0.15) is 6.54 Å². The second-order valence-corrected chi connectivity index (χ2v) is 8.36. The van der Waals surface area contributed by atoms with Gasteiger partial charge in [-0.1, -0.05) is 18.2 Å². The van der Waals surface area contributed by atoms with Gasteiger partial charge in [-0.2, -0.15) is 0 Å². The van der Waals surface area contributed by atoms with Gasteiger partial charge in [-0.15, -0.1) is 24.0 Å². The van der Waals surface area contributed by atoms with Crippen molar-refractivity contribution in [2.75, 3.05) is 84.9 Å². The highest BCUT2D eigenvalue weighted by molar-refractivity contribution is 14.0. The number of guanidine groups is 1. The number of piperazine rings is 3. The number of aliphatic imine (C=N–C) groups is 1. The molecule has 0 aromatic heterocycles. The summed E-state index contributed by atoms with van der Waals surface area (Å²) in [5.74, 6) is 0.733. The van der Waals surface area contributed by atoms with Gasteiger partial charge < -0.3 is 20.4 Å². The van der Waals surface area contributed by atoms with Crippen LogP contribution in [-0.4, -0.2) is 113 Å². The fourth-order valence-electron chi connectivity index (χ4n) is 3.93. The second-order valence-electron chi connectivity index (χ2n) is 8.36. The van der Waals surface area contributed by atoms with Gasteiger partial charge in [0.2, 0.25) is 5.91 Å². The Morgan fingerprint density at radius 2 is 1.81 bits per heavy atom. The van der Waals surface area contributed by atoms with Gasteiger partial charge in [0.15, 0.2) is 5.96 Å². The summed E-state index contributed by atoms with van der Waals surface area (Å²) < 4.78 is 0. The number of hydrogen-bond acceptors (Lipinski definition) is 5. The molecule has 1 amide bonds. The molecule has 174 valence electrons. The van der Waals surface area contributed by atoms with Crippen molar-refractivity contribution in [3.63, 3.8) is 0 Å². The van der Waals surface area contributed by atoms with Crippen molar-refractivity contribution in [1.29, 1.82) is 0 Å². The Morgan fingerprint density at radius 3 is 2.42 bits per heavy atom. The number of fused-ring (bicyclic) bond motifs is 3. The molecule has 0 aliphatic carbocycles. The molecule has 3 aliphatic heterocycles. The molecule has 8 nitrogen and oxygen atoms in total. The van der Waals surface area contributed by atoms with E-state index in [1.54, 1.807) is 19.0 Å². The van der Waals surface area contributed by atoms with E-state index in [1.165, 1.54) is 18.8 Å². The van der Waals surface area contributed by atoms with Gasteiger partial charge in [-0.05, 0) is 18.6 Å². The predicted octanol–water partition coefficient (Wildman–Crippen LogP) is 0.754. The van der Waals surface area contributed by atoms with Crippen LogP contribution in [0.5, 0.6) is 0 Å². The Bertz CT molecular complexity index is 692. The Labute approximate surface area is 204 Å². The Morgan fingerprint density at radius 1 is 1.10 bits per heavy atom. The van der Waals surface area contributed by atoms with Gasteiger partial charge in [0.25, 0.3) is 0 Å². The van der Waals surface area contributed by atoms with Crippen molar-refractivity contribution < 1.29 is 4.79 Å². The molecule has 3 saturated heterocycles. The number of likely N-dealkylation sites (N-methyl/N-ethyl adjacent to an activating group) is 1. The third-order valence-corrected chi connectivity index (χ3v) is 5.93. The third kappa shape index (κ3) is 8.12. The van der Waals surface area contributed by atoms with E-state index < -0.39 is 0 Å². The number of rotatable bonds is 9. The van der Waals surface area contributed by atoms with Crippen molar-refractivity contribution in [3.8, 4) is 0 Å². The molecule has 1 aromatic rings. The van der Waals surface area contributed by atoms with Crippen LogP contribution in [0.3, 0.4) is 0 Å². The second kappa shape index (κ2) is 13.1. The lowest BCUT2D eigenvalue weighted by Gasteiger charge is -2.47. The van der Waals surface area contributed by atoms with Gasteiger partial charge in [0, 0.05) is 85.2 Å². The van der Waals surface area contributed by atoms with E-state index in [2.05, 4.69) is 61.6 Å². The van der Waals surface area contributed by atoms with Gasteiger partial charge in [0.05, 0.1) is 0 Å². The van der Waals surface area contributed by atoms with Gasteiger partial charge >= 0.3 is 0 Å². The smallest absolute Gasteiger partial charge is 0.243 e. The summed E-state index contributed by atoms with van der Waals surface area (Å²) >= 11 is 0. The number of anilines is 1. The van der Waals surface area contributed by atoms with E-state index in [-0.39, 0.29) is 36.4 Å². The topological polar surface area (TPSA) is 66.5 Å². The first-order valence-electron chi connectivity index (χ1n) is 11.0. The van der Waals surface area contributed by atoms with Crippen molar-refractivity contribution in [1.82, 2.24) is 25.3 Å². The molecule has 2 N–H and O–H groups in total. The first-order valence-corrected chi connectivity index (χ1v) is 11.0. The fraction of sp³-hybridized carbons (Fsp3) is 0.636. The maximum atomic E-state index is 12.0. The molecule has 3 aliphatic rings. The number of amides is 1. The van der Waals surface area contributed by atoms with E-state index in [9.17, 15) is 4.79 Å². The summed E-state index contributed by atoms with van der Waals surface area (Å²) in [5.41, 5.74) is 1.22. The number of para-hydroxylation sites is 1. The lowest BCUT2D eigenvalue weighted by Crippen LogP contribution is -2.63. The summed E-state index contributed by atoms with van der Waals surface area (Å²) in [6.07, 6.45) is 0.983. The maximum Gasteiger partial charge on any atom is 0.243 e. The average molecular weight is 543 g/mol. The number of benzene rings is 1. The monoisotopic (exact) mass is 543 g/mol. The molecule has 9 heteroatoms. The molecule has 0 saturated carbocycles. The van der Waals surface area contributed by atoms with Crippen LogP contribution >= 0.6 is 24.0 Å². The number of nitrogens with one attached hydrogen (secondary N) is 2. The normalized spacial score (nSPS) is 22.4. The van der Waals surface area contributed by atoms with E-state index in [1.807, 2.05) is 6.07 Å². The number of carbonyl (C=O) groups excluding carboxylic acids is 1. The van der Waals surface area contributed by atoms with E-state index >= 15 is 0 Å². The minimum atomic E-state index is 0. The molecule has 3 heterocycles. The van der Waals surface area contributed by atoms with Crippen molar-refractivity contribution >= 4 is 41.5 Å². The van der Waals surface area contributed by atoms with Crippen LogP contribution in [0.2, 0.25) is 0 Å². The summed E-state index contributed by atoms with van der Waals surface area (Å²) in [5, 5.41) is 6.89. The summed E-state index contributed by atoms with van der Waals surface area (Å²) in [6, 6.07) is 10.9. The minimum absolute atomic E-state index is 0. The molecule has 31 heavy (non-hydrogen) atoms. The Hall–Kier alpha value is -1.59. The molecule has 1 unspecified atom stereocenters. The summed E-state index contributed by atoms with van der Waals surface area (Å²) in [4.78, 5) is 25.4. The van der Waals surface area contributed by atoms with E-state index in [4.69, 9.17) is 0 Å². The van der Waals surface area contributed by atoms with E-state index in [0.717, 1.165) is 51.6 Å². The zero-order chi connectivity index (χ0) is 21.3. The SMILES string of the molecule is CN(C)C(=O)CN=C(NCCCN(C)c1ccccc1)NCC1CN2CCN1CC2.I. The molecule has 0 radical (unpaired) electrons. The van der Waals surface area contributed by atoms with Crippen LogP contribution in [-0.2, 0) is 4.79 Å².